The number of benzene rings is 2. The highest BCUT2D eigenvalue weighted by Crippen LogP contribution is 2.38. The Kier molecular flexibility index (Phi) is 6.73. The second-order valence-corrected chi connectivity index (χ2v) is 8.28. The average Bonchev–Trinajstić information content (AvgIpc) is 2.97. The molecule has 0 N–H and O–H groups in total. The highest BCUT2D eigenvalue weighted by atomic mass is 32.2. The van der Waals surface area contributed by atoms with Gasteiger partial charge in [-0.05, 0) is 50.6 Å². The van der Waals surface area contributed by atoms with Crippen molar-refractivity contribution in [3.8, 4) is 11.5 Å². The highest BCUT2D eigenvalue weighted by Gasteiger charge is 2.34. The summed E-state index contributed by atoms with van der Waals surface area (Å²) in [6, 6.07) is 11.3. The molecule has 1 fully saturated rings. The van der Waals surface area contributed by atoms with Crippen LogP contribution >= 0.6 is 24.0 Å². The lowest BCUT2D eigenvalue weighted by Crippen LogP contribution is -2.27. The third-order valence-corrected chi connectivity index (χ3v) is 5.32. The van der Waals surface area contributed by atoms with E-state index in [4.69, 9.17) is 21.7 Å². The summed E-state index contributed by atoms with van der Waals surface area (Å²) in [6.45, 7) is 6.23. The van der Waals surface area contributed by atoms with Crippen LogP contribution in [0.25, 0.3) is 6.08 Å². The van der Waals surface area contributed by atoms with Gasteiger partial charge in [0.15, 0.2) is 15.8 Å². The predicted molar refractivity (Wildman–Crippen MR) is 122 cm³/mol. The van der Waals surface area contributed by atoms with E-state index in [0.717, 1.165) is 17.3 Å². The maximum atomic E-state index is 12.9. The number of hydrogen-bond acceptors (Lipinski definition) is 7. The van der Waals surface area contributed by atoms with Crippen LogP contribution < -0.4 is 14.4 Å². The Morgan fingerprint density at radius 3 is 2.67 bits per heavy atom. The zero-order chi connectivity index (χ0) is 21.8. The Balaban J connectivity index is 1.91. The number of rotatable bonds is 7. The lowest BCUT2D eigenvalue weighted by molar-refractivity contribution is -0.384. The standard InChI is InChI=1S/C21H20N2O5S2/c1-4-27-18-10-14(8-9-17(18)28-13(2)3)11-19-20(24)22(21(29)30-19)15-6-5-7-16(12-15)23(25)26/h5-13H,4H2,1-3H3/b19-11-. The summed E-state index contributed by atoms with van der Waals surface area (Å²) in [5.74, 6) is 0.897. The van der Waals surface area contributed by atoms with Crippen molar-refractivity contribution in [3.05, 3.63) is 63.0 Å². The van der Waals surface area contributed by atoms with Crippen molar-refractivity contribution in [2.24, 2.45) is 0 Å². The SMILES string of the molecule is CCOc1cc(/C=C2\SC(=S)N(c3cccc([N+](=O)[O-])c3)C2=O)ccc1OC(C)C. The topological polar surface area (TPSA) is 81.9 Å². The number of anilines is 1. The molecule has 0 saturated carbocycles. The molecule has 1 aliphatic rings. The van der Waals surface area contributed by atoms with Crippen molar-refractivity contribution in [2.75, 3.05) is 11.5 Å². The summed E-state index contributed by atoms with van der Waals surface area (Å²) in [5.41, 5.74) is 1.02. The van der Waals surface area contributed by atoms with Gasteiger partial charge in [0, 0.05) is 12.1 Å². The lowest BCUT2D eigenvalue weighted by atomic mass is 10.1. The van der Waals surface area contributed by atoms with Crippen LogP contribution in [0, 0.1) is 10.1 Å². The molecule has 0 atom stereocenters. The number of carbonyl (C=O) groups is 1. The van der Waals surface area contributed by atoms with Crippen molar-refractivity contribution in [3.63, 3.8) is 0 Å². The number of nitro benzene ring substituents is 1. The molecule has 1 saturated heterocycles. The lowest BCUT2D eigenvalue weighted by Gasteiger charge is -2.15. The molecule has 30 heavy (non-hydrogen) atoms. The molecule has 9 heteroatoms. The van der Waals surface area contributed by atoms with Gasteiger partial charge in [-0.3, -0.25) is 19.8 Å². The van der Waals surface area contributed by atoms with Gasteiger partial charge in [0.2, 0.25) is 0 Å². The maximum Gasteiger partial charge on any atom is 0.271 e. The van der Waals surface area contributed by atoms with Crippen LogP contribution in [0.4, 0.5) is 11.4 Å². The molecule has 0 spiro atoms. The van der Waals surface area contributed by atoms with Gasteiger partial charge < -0.3 is 9.47 Å². The minimum Gasteiger partial charge on any atom is -0.490 e. The number of hydrogen-bond donors (Lipinski definition) is 0. The molecular formula is C21H20N2O5S2. The summed E-state index contributed by atoms with van der Waals surface area (Å²) >= 11 is 6.50. The van der Waals surface area contributed by atoms with Crippen LogP contribution in [0.1, 0.15) is 26.3 Å². The second-order valence-electron chi connectivity index (χ2n) is 6.60. The second kappa shape index (κ2) is 9.27. The van der Waals surface area contributed by atoms with E-state index in [-0.39, 0.29) is 17.7 Å². The first-order valence-corrected chi connectivity index (χ1v) is 10.5. The maximum absolute atomic E-state index is 12.9. The molecule has 156 valence electrons. The van der Waals surface area contributed by atoms with Gasteiger partial charge in [-0.25, -0.2) is 0 Å². The van der Waals surface area contributed by atoms with Crippen molar-refractivity contribution in [1.29, 1.82) is 0 Å². The summed E-state index contributed by atoms with van der Waals surface area (Å²) in [4.78, 5) is 25.2. The fraction of sp³-hybridized carbons (Fsp3) is 0.238. The Hall–Kier alpha value is -2.91. The van der Waals surface area contributed by atoms with Crippen LogP contribution in [0.15, 0.2) is 47.4 Å². The molecule has 0 unspecified atom stereocenters. The Bertz CT molecular complexity index is 1040. The van der Waals surface area contributed by atoms with E-state index in [9.17, 15) is 14.9 Å². The Labute approximate surface area is 183 Å². The summed E-state index contributed by atoms with van der Waals surface area (Å²) < 4.78 is 11.8. The molecule has 0 aliphatic carbocycles. The largest absolute Gasteiger partial charge is 0.490 e. The molecular weight excluding hydrogens is 424 g/mol. The van der Waals surface area contributed by atoms with Crippen LogP contribution in [-0.4, -0.2) is 27.9 Å². The first kappa shape index (κ1) is 21.8. The number of carbonyl (C=O) groups excluding carboxylic acids is 1. The van der Waals surface area contributed by atoms with Gasteiger partial charge in [0.1, 0.15) is 0 Å². The number of amides is 1. The van der Waals surface area contributed by atoms with E-state index in [1.165, 1.54) is 23.1 Å². The van der Waals surface area contributed by atoms with Gasteiger partial charge in [-0.15, -0.1) is 0 Å². The molecule has 1 heterocycles. The monoisotopic (exact) mass is 444 g/mol. The zero-order valence-electron chi connectivity index (χ0n) is 16.7. The predicted octanol–water partition coefficient (Wildman–Crippen LogP) is 5.19. The third kappa shape index (κ3) is 4.80. The first-order valence-electron chi connectivity index (χ1n) is 9.26. The van der Waals surface area contributed by atoms with Gasteiger partial charge in [0.25, 0.3) is 11.6 Å². The molecule has 1 amide bonds. The number of nitrogens with zero attached hydrogens (tertiary/aromatic N) is 2. The van der Waals surface area contributed by atoms with E-state index >= 15 is 0 Å². The Morgan fingerprint density at radius 2 is 2.00 bits per heavy atom. The van der Waals surface area contributed by atoms with Crippen LogP contribution in [0.2, 0.25) is 0 Å². The fourth-order valence-corrected chi connectivity index (χ4v) is 4.12. The van der Waals surface area contributed by atoms with Crippen LogP contribution in [0.5, 0.6) is 11.5 Å². The average molecular weight is 445 g/mol. The molecule has 3 rings (SSSR count). The third-order valence-electron chi connectivity index (χ3n) is 4.02. The van der Waals surface area contributed by atoms with Crippen molar-refractivity contribution >= 4 is 51.7 Å². The number of nitro groups is 1. The highest BCUT2D eigenvalue weighted by molar-refractivity contribution is 8.27. The molecule has 7 nitrogen and oxygen atoms in total. The van der Waals surface area contributed by atoms with Gasteiger partial charge in [-0.1, -0.05) is 36.1 Å². The van der Waals surface area contributed by atoms with E-state index in [2.05, 4.69) is 0 Å². The van der Waals surface area contributed by atoms with Crippen molar-refractivity contribution < 1.29 is 19.2 Å². The quantitative estimate of drug-likeness (QED) is 0.252. The minimum absolute atomic E-state index is 0.00115. The Morgan fingerprint density at radius 1 is 1.23 bits per heavy atom. The molecule has 0 bridgehead atoms. The zero-order valence-corrected chi connectivity index (χ0v) is 18.3. The fourth-order valence-electron chi connectivity index (χ4n) is 2.82. The molecule has 0 radical (unpaired) electrons. The number of ether oxygens (including phenoxy) is 2. The van der Waals surface area contributed by atoms with Gasteiger partial charge in [-0.2, -0.15) is 0 Å². The van der Waals surface area contributed by atoms with Gasteiger partial charge in [0.05, 0.1) is 28.2 Å². The van der Waals surface area contributed by atoms with Crippen LogP contribution in [0.3, 0.4) is 0 Å². The summed E-state index contributed by atoms with van der Waals surface area (Å²) in [5, 5.41) is 11.0. The number of thioether (sulfide) groups is 1. The van der Waals surface area contributed by atoms with E-state index in [1.807, 2.05) is 26.8 Å². The number of thiocarbonyl (C=S) groups is 1. The first-order chi connectivity index (χ1) is 14.3. The van der Waals surface area contributed by atoms with E-state index < -0.39 is 4.92 Å². The van der Waals surface area contributed by atoms with E-state index in [0.29, 0.717) is 33.0 Å². The molecule has 2 aromatic rings. The van der Waals surface area contributed by atoms with Crippen molar-refractivity contribution in [1.82, 2.24) is 0 Å². The smallest absolute Gasteiger partial charge is 0.271 e. The summed E-state index contributed by atoms with van der Waals surface area (Å²) in [6.07, 6.45) is 1.72. The summed E-state index contributed by atoms with van der Waals surface area (Å²) in [7, 11) is 0. The van der Waals surface area contributed by atoms with Gasteiger partial charge >= 0.3 is 0 Å². The molecule has 1 aliphatic heterocycles. The van der Waals surface area contributed by atoms with Crippen LogP contribution in [-0.2, 0) is 4.79 Å². The van der Waals surface area contributed by atoms with E-state index in [1.54, 1.807) is 24.3 Å². The normalized spacial score (nSPS) is 15.2. The number of non-ortho nitro benzene ring substituents is 1. The van der Waals surface area contributed by atoms with Crippen molar-refractivity contribution in [2.45, 2.75) is 26.9 Å². The molecule has 0 aromatic heterocycles. The molecule has 2 aromatic carbocycles. The minimum atomic E-state index is -0.507.